The summed E-state index contributed by atoms with van der Waals surface area (Å²) in [5.41, 5.74) is 0. The van der Waals surface area contributed by atoms with Crippen molar-refractivity contribution in [1.82, 2.24) is 5.32 Å². The minimum atomic E-state index is -1.69. The van der Waals surface area contributed by atoms with E-state index in [9.17, 15) is 9.36 Å². The van der Waals surface area contributed by atoms with Gasteiger partial charge < -0.3 is 4.74 Å². The summed E-state index contributed by atoms with van der Waals surface area (Å²) in [5.74, 6) is -0.345. The standard InChI is InChI=1S/C7H15NO4P/c1-3-11-7(9)5-8-6-13(10)12-4-2/h8H,3-6H2,1-2H3/q+1. The third-order valence-electron chi connectivity index (χ3n) is 1.09. The van der Waals surface area contributed by atoms with E-state index in [0.717, 1.165) is 0 Å². The van der Waals surface area contributed by atoms with Crippen molar-refractivity contribution in [3.05, 3.63) is 0 Å². The summed E-state index contributed by atoms with van der Waals surface area (Å²) in [6, 6.07) is 0. The molecule has 0 heterocycles. The number of esters is 1. The first-order valence-corrected chi connectivity index (χ1v) is 5.50. The first-order valence-electron chi connectivity index (χ1n) is 4.14. The second-order valence-corrected chi connectivity index (χ2v) is 3.38. The van der Waals surface area contributed by atoms with E-state index >= 15 is 0 Å². The van der Waals surface area contributed by atoms with Gasteiger partial charge in [-0.3, -0.25) is 10.1 Å². The van der Waals surface area contributed by atoms with Crippen LogP contribution in [0.4, 0.5) is 0 Å². The van der Waals surface area contributed by atoms with Crippen LogP contribution in [0, 0.1) is 0 Å². The van der Waals surface area contributed by atoms with E-state index in [2.05, 4.69) is 10.1 Å². The number of rotatable bonds is 7. The number of hydrogen-bond acceptors (Lipinski definition) is 5. The Morgan fingerprint density at radius 3 is 2.62 bits per heavy atom. The van der Waals surface area contributed by atoms with Gasteiger partial charge in [0.1, 0.15) is 0 Å². The van der Waals surface area contributed by atoms with E-state index in [1.54, 1.807) is 13.8 Å². The molecule has 1 unspecified atom stereocenters. The zero-order chi connectivity index (χ0) is 10.1. The summed E-state index contributed by atoms with van der Waals surface area (Å²) in [7, 11) is -1.69. The van der Waals surface area contributed by atoms with Crippen LogP contribution in [0.15, 0.2) is 0 Å². The van der Waals surface area contributed by atoms with Gasteiger partial charge in [-0.05, 0) is 18.4 Å². The fourth-order valence-corrected chi connectivity index (χ4v) is 1.32. The lowest BCUT2D eigenvalue weighted by molar-refractivity contribution is -0.141. The molecule has 1 N–H and O–H groups in total. The van der Waals surface area contributed by atoms with Crippen LogP contribution in [-0.4, -0.2) is 32.0 Å². The van der Waals surface area contributed by atoms with Crippen molar-refractivity contribution in [3.8, 4) is 0 Å². The molecule has 0 aliphatic carbocycles. The topological polar surface area (TPSA) is 64.6 Å². The molecule has 13 heavy (non-hydrogen) atoms. The summed E-state index contributed by atoms with van der Waals surface area (Å²) in [6.45, 7) is 4.34. The molecule has 0 aromatic heterocycles. The molecule has 6 heteroatoms. The third kappa shape index (κ3) is 7.84. The highest BCUT2D eigenvalue weighted by atomic mass is 31.1. The minimum Gasteiger partial charge on any atom is -0.465 e. The Kier molecular flexibility index (Phi) is 7.79. The molecule has 5 nitrogen and oxygen atoms in total. The Bertz CT molecular complexity index is 156. The molecule has 0 radical (unpaired) electrons. The normalized spacial score (nSPS) is 11.1. The lowest BCUT2D eigenvalue weighted by Gasteiger charge is -1.98. The molecule has 76 valence electrons. The highest BCUT2D eigenvalue weighted by molar-refractivity contribution is 7.39. The zero-order valence-corrected chi connectivity index (χ0v) is 8.80. The molecule has 0 saturated carbocycles. The average molecular weight is 208 g/mol. The van der Waals surface area contributed by atoms with Crippen molar-refractivity contribution in [1.29, 1.82) is 0 Å². The maximum Gasteiger partial charge on any atom is 0.523 e. The summed E-state index contributed by atoms with van der Waals surface area (Å²) in [5, 5.41) is 2.67. The molecule has 1 atom stereocenters. The van der Waals surface area contributed by atoms with Crippen LogP contribution in [0.25, 0.3) is 0 Å². The van der Waals surface area contributed by atoms with Crippen molar-refractivity contribution in [2.75, 3.05) is 26.0 Å². The molecule has 0 rings (SSSR count). The molecular weight excluding hydrogens is 193 g/mol. The molecule has 0 saturated heterocycles. The van der Waals surface area contributed by atoms with Crippen molar-refractivity contribution in [3.63, 3.8) is 0 Å². The largest absolute Gasteiger partial charge is 0.523 e. The molecule has 0 amide bonds. The molecular formula is C7H15NO4P+. The fourth-order valence-electron chi connectivity index (χ4n) is 0.651. The van der Waals surface area contributed by atoms with E-state index in [4.69, 9.17) is 4.52 Å². The van der Waals surface area contributed by atoms with E-state index in [0.29, 0.717) is 13.2 Å². The van der Waals surface area contributed by atoms with Gasteiger partial charge in [-0.2, -0.15) is 0 Å². The van der Waals surface area contributed by atoms with Gasteiger partial charge in [0, 0.05) is 0 Å². The molecule has 0 bridgehead atoms. The van der Waals surface area contributed by atoms with Crippen molar-refractivity contribution in [2.24, 2.45) is 0 Å². The summed E-state index contributed by atoms with van der Waals surface area (Å²) in [6.07, 6.45) is 0.183. The second kappa shape index (κ2) is 8.10. The molecule has 0 aromatic carbocycles. The van der Waals surface area contributed by atoms with E-state index < -0.39 is 8.03 Å². The monoisotopic (exact) mass is 208 g/mol. The minimum absolute atomic E-state index is 0.0714. The third-order valence-corrected chi connectivity index (χ3v) is 2.12. The Balaban J connectivity index is 3.33. The van der Waals surface area contributed by atoms with Crippen molar-refractivity contribution >= 4 is 14.0 Å². The van der Waals surface area contributed by atoms with Gasteiger partial charge in [0.25, 0.3) is 0 Å². The average Bonchev–Trinajstić information content (AvgIpc) is 2.05. The summed E-state index contributed by atoms with van der Waals surface area (Å²) >= 11 is 0. The lowest BCUT2D eigenvalue weighted by atomic mass is 10.6. The summed E-state index contributed by atoms with van der Waals surface area (Å²) < 4.78 is 20.3. The highest BCUT2D eigenvalue weighted by Gasteiger charge is 2.15. The predicted molar refractivity (Wildman–Crippen MR) is 48.7 cm³/mol. The van der Waals surface area contributed by atoms with Gasteiger partial charge in [0.2, 0.25) is 6.29 Å². The van der Waals surface area contributed by atoms with E-state index in [1.165, 1.54) is 0 Å². The second-order valence-electron chi connectivity index (χ2n) is 2.14. The van der Waals surface area contributed by atoms with Gasteiger partial charge in [-0.25, -0.2) is 0 Å². The number of ether oxygens (including phenoxy) is 1. The molecule has 0 spiro atoms. The SMILES string of the molecule is CCOC(=O)CNC[P+](=O)OCC. The van der Waals surface area contributed by atoms with Crippen LogP contribution in [0.3, 0.4) is 0 Å². The first kappa shape index (κ1) is 12.5. The van der Waals surface area contributed by atoms with Crippen LogP contribution in [-0.2, 0) is 18.6 Å². The van der Waals surface area contributed by atoms with Gasteiger partial charge in [0.05, 0.1) is 19.8 Å². The number of carbonyl (C=O) groups excluding carboxylic acids is 1. The maximum absolute atomic E-state index is 10.9. The van der Waals surface area contributed by atoms with Gasteiger partial charge in [-0.1, -0.05) is 0 Å². The predicted octanol–water partition coefficient (Wildman–Crippen LogP) is 0.875. The maximum atomic E-state index is 10.9. The van der Waals surface area contributed by atoms with Crippen LogP contribution >= 0.6 is 8.03 Å². The van der Waals surface area contributed by atoms with Crippen LogP contribution in [0.1, 0.15) is 13.8 Å². The zero-order valence-electron chi connectivity index (χ0n) is 7.91. The van der Waals surface area contributed by atoms with E-state index in [-0.39, 0.29) is 18.8 Å². The van der Waals surface area contributed by atoms with Crippen molar-refractivity contribution in [2.45, 2.75) is 13.8 Å². The highest BCUT2D eigenvalue weighted by Crippen LogP contribution is 2.18. The van der Waals surface area contributed by atoms with Gasteiger partial charge in [-0.15, -0.1) is 4.52 Å². The Morgan fingerprint density at radius 2 is 2.08 bits per heavy atom. The smallest absolute Gasteiger partial charge is 0.465 e. The summed E-state index contributed by atoms with van der Waals surface area (Å²) in [4.78, 5) is 10.8. The van der Waals surface area contributed by atoms with E-state index in [1.807, 2.05) is 0 Å². The van der Waals surface area contributed by atoms with Crippen molar-refractivity contribution < 1.29 is 18.6 Å². The molecule has 0 aliphatic heterocycles. The van der Waals surface area contributed by atoms with Crippen LogP contribution in [0.2, 0.25) is 0 Å². The molecule has 0 fully saturated rings. The first-order chi connectivity index (χ1) is 6.20. The Morgan fingerprint density at radius 1 is 1.38 bits per heavy atom. The number of carbonyl (C=O) groups is 1. The number of nitrogens with one attached hydrogen (secondary N) is 1. The Labute approximate surface area is 78.7 Å². The fraction of sp³-hybridized carbons (Fsp3) is 0.857. The molecule has 0 aliphatic rings. The van der Waals surface area contributed by atoms with Crippen LogP contribution in [0.5, 0.6) is 0 Å². The Hall–Kier alpha value is -0.510. The quantitative estimate of drug-likeness (QED) is 0.497. The lowest BCUT2D eigenvalue weighted by Crippen LogP contribution is -2.24. The van der Waals surface area contributed by atoms with Gasteiger partial charge >= 0.3 is 14.0 Å². The van der Waals surface area contributed by atoms with Gasteiger partial charge in [0.15, 0.2) is 0 Å². The number of hydrogen-bond donors (Lipinski definition) is 1. The van der Waals surface area contributed by atoms with Crippen LogP contribution < -0.4 is 5.32 Å². The molecule has 0 aromatic rings.